The van der Waals surface area contributed by atoms with E-state index in [9.17, 15) is 9.59 Å². The van der Waals surface area contributed by atoms with E-state index in [1.165, 1.54) is 30.7 Å². The van der Waals surface area contributed by atoms with E-state index in [-0.39, 0.29) is 22.8 Å². The third-order valence-electron chi connectivity index (χ3n) is 2.33. The van der Waals surface area contributed by atoms with Crippen molar-refractivity contribution in [1.29, 1.82) is 0 Å². The second-order valence-corrected chi connectivity index (χ2v) is 3.51. The SMILES string of the molecule is C=CC(=O)c1cc(C(=O)O)cc(-c2ncco2)c1. The second kappa shape index (κ2) is 4.67. The number of hydrogen-bond donors (Lipinski definition) is 1. The van der Waals surface area contributed by atoms with Gasteiger partial charge in [-0.2, -0.15) is 0 Å². The van der Waals surface area contributed by atoms with Crippen LogP contribution in [-0.2, 0) is 0 Å². The van der Waals surface area contributed by atoms with Crippen LogP contribution in [0.3, 0.4) is 0 Å². The van der Waals surface area contributed by atoms with Gasteiger partial charge in [0.2, 0.25) is 5.89 Å². The van der Waals surface area contributed by atoms with E-state index in [1.54, 1.807) is 0 Å². The number of rotatable bonds is 4. The van der Waals surface area contributed by atoms with Gasteiger partial charge in [-0.3, -0.25) is 4.79 Å². The monoisotopic (exact) mass is 243 g/mol. The van der Waals surface area contributed by atoms with E-state index in [2.05, 4.69) is 11.6 Å². The highest BCUT2D eigenvalue weighted by Gasteiger charge is 2.13. The van der Waals surface area contributed by atoms with E-state index >= 15 is 0 Å². The lowest BCUT2D eigenvalue weighted by Gasteiger charge is -2.03. The number of carbonyl (C=O) groups is 2. The van der Waals surface area contributed by atoms with E-state index in [1.807, 2.05) is 0 Å². The summed E-state index contributed by atoms with van der Waals surface area (Å²) in [5.74, 6) is -1.22. The number of nitrogens with zero attached hydrogens (tertiary/aromatic N) is 1. The van der Waals surface area contributed by atoms with Crippen LogP contribution in [-0.4, -0.2) is 21.8 Å². The van der Waals surface area contributed by atoms with Crippen LogP contribution in [0.4, 0.5) is 0 Å². The molecule has 1 heterocycles. The van der Waals surface area contributed by atoms with Gasteiger partial charge in [-0.05, 0) is 24.3 Å². The Morgan fingerprint density at radius 3 is 2.56 bits per heavy atom. The Kier molecular flexibility index (Phi) is 3.05. The minimum absolute atomic E-state index is 0.00380. The summed E-state index contributed by atoms with van der Waals surface area (Å²) >= 11 is 0. The number of hydrogen-bond acceptors (Lipinski definition) is 4. The number of aromatic nitrogens is 1. The molecule has 18 heavy (non-hydrogen) atoms. The number of benzene rings is 1. The highest BCUT2D eigenvalue weighted by molar-refractivity contribution is 6.06. The summed E-state index contributed by atoms with van der Waals surface area (Å²) in [6.07, 6.45) is 3.94. The topological polar surface area (TPSA) is 80.4 Å². The second-order valence-electron chi connectivity index (χ2n) is 3.51. The Labute approximate surface area is 102 Å². The average Bonchev–Trinajstić information content (AvgIpc) is 2.91. The molecule has 0 saturated heterocycles. The fourth-order valence-corrected chi connectivity index (χ4v) is 1.50. The molecular formula is C13H9NO4. The summed E-state index contributed by atoms with van der Waals surface area (Å²) in [5.41, 5.74) is 0.666. The number of carboxylic acid groups (broad SMARTS) is 1. The zero-order valence-electron chi connectivity index (χ0n) is 9.29. The van der Waals surface area contributed by atoms with E-state index in [0.29, 0.717) is 5.56 Å². The van der Waals surface area contributed by atoms with E-state index in [0.717, 1.165) is 6.08 Å². The van der Waals surface area contributed by atoms with Crippen molar-refractivity contribution in [1.82, 2.24) is 4.98 Å². The Morgan fingerprint density at radius 2 is 2.00 bits per heavy atom. The summed E-state index contributed by atoms with van der Waals surface area (Å²) in [7, 11) is 0. The smallest absolute Gasteiger partial charge is 0.335 e. The van der Waals surface area contributed by atoms with Crippen LogP contribution in [0, 0.1) is 0 Å². The molecule has 0 unspecified atom stereocenters. The van der Waals surface area contributed by atoms with Crippen LogP contribution >= 0.6 is 0 Å². The minimum atomic E-state index is -1.12. The molecule has 5 heteroatoms. The summed E-state index contributed by atoms with van der Waals surface area (Å²) in [5, 5.41) is 9.00. The van der Waals surface area contributed by atoms with Crippen LogP contribution in [0.15, 0.2) is 47.7 Å². The molecule has 0 atom stereocenters. The normalized spacial score (nSPS) is 10.0. The number of oxazole rings is 1. The molecular weight excluding hydrogens is 234 g/mol. The van der Waals surface area contributed by atoms with Crippen molar-refractivity contribution in [3.8, 4) is 11.5 Å². The highest BCUT2D eigenvalue weighted by atomic mass is 16.4. The molecule has 5 nitrogen and oxygen atoms in total. The van der Waals surface area contributed by atoms with E-state index < -0.39 is 5.97 Å². The lowest BCUT2D eigenvalue weighted by atomic mass is 10.0. The van der Waals surface area contributed by atoms with Gasteiger partial charge < -0.3 is 9.52 Å². The average molecular weight is 243 g/mol. The van der Waals surface area contributed by atoms with Gasteiger partial charge in [0.25, 0.3) is 0 Å². The van der Waals surface area contributed by atoms with Gasteiger partial charge in [-0.25, -0.2) is 9.78 Å². The molecule has 0 bridgehead atoms. The van der Waals surface area contributed by atoms with Gasteiger partial charge in [0.1, 0.15) is 6.26 Å². The largest absolute Gasteiger partial charge is 0.478 e. The van der Waals surface area contributed by atoms with Gasteiger partial charge >= 0.3 is 5.97 Å². The molecule has 1 aromatic heterocycles. The molecule has 0 fully saturated rings. The van der Waals surface area contributed by atoms with Crippen molar-refractivity contribution >= 4 is 11.8 Å². The third kappa shape index (κ3) is 2.20. The summed E-state index contributed by atoms with van der Waals surface area (Å²) < 4.78 is 5.08. The lowest BCUT2D eigenvalue weighted by molar-refractivity contribution is 0.0697. The first-order valence-electron chi connectivity index (χ1n) is 5.07. The molecule has 0 aliphatic rings. The summed E-state index contributed by atoms with van der Waals surface area (Å²) in [4.78, 5) is 26.5. The fraction of sp³-hybridized carbons (Fsp3) is 0. The molecule has 1 N–H and O–H groups in total. The number of allylic oxidation sites excluding steroid dienone is 1. The zero-order chi connectivity index (χ0) is 13.1. The first-order valence-corrected chi connectivity index (χ1v) is 5.07. The summed E-state index contributed by atoms with van der Waals surface area (Å²) in [6.45, 7) is 3.37. The van der Waals surface area contributed by atoms with Crippen LogP contribution in [0.25, 0.3) is 11.5 Å². The molecule has 0 aliphatic heterocycles. The molecule has 0 aliphatic carbocycles. The maximum atomic E-state index is 11.5. The van der Waals surface area contributed by atoms with Crippen LogP contribution in [0.2, 0.25) is 0 Å². The van der Waals surface area contributed by atoms with Crippen LogP contribution in [0.5, 0.6) is 0 Å². The number of carbonyl (C=O) groups excluding carboxylic acids is 1. The maximum absolute atomic E-state index is 11.5. The molecule has 0 spiro atoms. The molecule has 2 rings (SSSR count). The first kappa shape index (κ1) is 11.8. The van der Waals surface area contributed by atoms with Crippen LogP contribution in [0.1, 0.15) is 20.7 Å². The maximum Gasteiger partial charge on any atom is 0.335 e. The van der Waals surface area contributed by atoms with Gasteiger partial charge in [0.15, 0.2) is 5.78 Å². The molecule has 0 amide bonds. The van der Waals surface area contributed by atoms with Crippen molar-refractivity contribution in [2.24, 2.45) is 0 Å². The van der Waals surface area contributed by atoms with Gasteiger partial charge in [0.05, 0.1) is 11.8 Å². The van der Waals surface area contributed by atoms with Crippen molar-refractivity contribution in [2.75, 3.05) is 0 Å². The number of ketones is 1. The quantitative estimate of drug-likeness (QED) is 0.658. The predicted molar refractivity (Wildman–Crippen MR) is 63.4 cm³/mol. The zero-order valence-corrected chi connectivity index (χ0v) is 9.29. The first-order chi connectivity index (χ1) is 8.61. The van der Waals surface area contributed by atoms with Crippen molar-refractivity contribution in [3.63, 3.8) is 0 Å². The summed E-state index contributed by atoms with van der Waals surface area (Å²) in [6, 6.07) is 4.20. The fourth-order valence-electron chi connectivity index (χ4n) is 1.50. The Balaban J connectivity index is 2.60. The van der Waals surface area contributed by atoms with Crippen molar-refractivity contribution < 1.29 is 19.1 Å². The van der Waals surface area contributed by atoms with Crippen LogP contribution < -0.4 is 0 Å². The molecule has 2 aromatic rings. The van der Waals surface area contributed by atoms with Gasteiger partial charge in [-0.15, -0.1) is 0 Å². The molecule has 0 radical (unpaired) electrons. The molecule has 1 aromatic carbocycles. The predicted octanol–water partition coefficient (Wildman–Crippen LogP) is 2.41. The Morgan fingerprint density at radius 1 is 1.28 bits per heavy atom. The Hall–Kier alpha value is -2.69. The molecule has 0 saturated carbocycles. The lowest BCUT2D eigenvalue weighted by Crippen LogP contribution is -2.02. The van der Waals surface area contributed by atoms with Crippen molar-refractivity contribution in [2.45, 2.75) is 0 Å². The number of aromatic carboxylic acids is 1. The molecule has 90 valence electrons. The standard InChI is InChI=1S/C13H9NO4/c1-2-11(15)8-5-9(12-14-3-4-18-12)7-10(6-8)13(16)17/h2-7H,1H2,(H,16,17). The Bertz CT molecular complexity index is 614. The highest BCUT2D eigenvalue weighted by Crippen LogP contribution is 2.21. The van der Waals surface area contributed by atoms with Crippen molar-refractivity contribution in [3.05, 3.63) is 54.4 Å². The minimum Gasteiger partial charge on any atom is -0.478 e. The number of carboxylic acids is 1. The van der Waals surface area contributed by atoms with E-state index in [4.69, 9.17) is 9.52 Å². The van der Waals surface area contributed by atoms with Gasteiger partial charge in [-0.1, -0.05) is 6.58 Å². The third-order valence-corrected chi connectivity index (χ3v) is 2.33. The van der Waals surface area contributed by atoms with Gasteiger partial charge in [0, 0.05) is 11.1 Å².